The number of carbonyl (C=O) groups excluding carboxylic acids is 6. The summed E-state index contributed by atoms with van der Waals surface area (Å²) in [5.41, 5.74) is 0. The third-order valence-corrected chi connectivity index (χ3v) is 23.4. The van der Waals surface area contributed by atoms with Crippen molar-refractivity contribution in [2.45, 2.75) is 0 Å². The normalized spacial score (nSPS) is 11.1. The zero-order chi connectivity index (χ0) is 66.2. The van der Waals surface area contributed by atoms with E-state index in [1.807, 2.05) is 18.2 Å². The van der Waals surface area contributed by atoms with Crippen LogP contribution in [0.1, 0.15) is 0 Å². The topological polar surface area (TPSA) is 213 Å². The van der Waals surface area contributed by atoms with E-state index >= 15 is 0 Å². The molecule has 0 saturated heterocycles. The van der Waals surface area contributed by atoms with Crippen molar-refractivity contribution in [1.29, 1.82) is 0 Å². The van der Waals surface area contributed by atoms with E-state index in [1.165, 1.54) is 109 Å². The van der Waals surface area contributed by atoms with Gasteiger partial charge in [0, 0.05) is 0 Å². The number of benzene rings is 7. The van der Waals surface area contributed by atoms with Gasteiger partial charge in [0.2, 0.25) is 0 Å². The number of carbonyl (C=O) groups is 6. The SMILES string of the molecule is C=CC=CC(=O)Oc1ccc([O][Sb]([O]c2ccc(OC(=O)C=CC=C)cc2)[c]2c[c]([Sb]([O]c3ccc(OC(=O)C=CC=C)cc3)[O]c3ccc(OC(=O)C=CC=C)cc3)c[c]([Sb]([O]c3ccc(OC(=O)C=CC=C)cc3)[O]c3ccc(OC(=O)C=CC=C)cc3)c2)cc1. The van der Waals surface area contributed by atoms with Crippen LogP contribution in [0.25, 0.3) is 0 Å². The van der Waals surface area contributed by atoms with E-state index < -0.39 is 99.0 Å². The van der Waals surface area contributed by atoms with Crippen molar-refractivity contribution < 1.29 is 75.3 Å². The molecule has 0 fully saturated rings. The van der Waals surface area contributed by atoms with Gasteiger partial charge in [-0.3, -0.25) is 0 Å². The van der Waals surface area contributed by atoms with Gasteiger partial charge in [-0.2, -0.15) is 0 Å². The van der Waals surface area contributed by atoms with Gasteiger partial charge < -0.3 is 0 Å². The second-order valence-electron chi connectivity index (χ2n) is 18.0. The predicted octanol–water partition coefficient (Wildman–Crippen LogP) is 11.1. The van der Waals surface area contributed by atoms with E-state index in [0.29, 0.717) is 45.0 Å². The summed E-state index contributed by atoms with van der Waals surface area (Å²) in [7, 11) is 0. The van der Waals surface area contributed by atoms with Crippen molar-refractivity contribution in [2.24, 2.45) is 0 Å². The molecular weight excluding hydrogens is 1520 g/mol. The minimum atomic E-state index is -4.08. The molecule has 0 aliphatic rings. The molecular formula is C72H57O18Sb3. The van der Waals surface area contributed by atoms with E-state index in [1.54, 1.807) is 146 Å². The molecule has 0 saturated carbocycles. The molecule has 0 unspecified atom stereocenters. The number of allylic oxidation sites excluding steroid dienone is 12. The molecule has 18 nitrogen and oxygen atoms in total. The molecule has 0 amide bonds. The summed E-state index contributed by atoms with van der Waals surface area (Å²) in [6, 6.07) is 43.6. The Balaban J connectivity index is 1.42. The van der Waals surface area contributed by atoms with Crippen molar-refractivity contribution in [3.05, 3.63) is 313 Å². The van der Waals surface area contributed by atoms with Crippen LogP contribution in [0.15, 0.2) is 313 Å². The number of ether oxygens (including phenoxy) is 6. The summed E-state index contributed by atoms with van der Waals surface area (Å²) >= 11 is -12.2. The fourth-order valence-electron chi connectivity index (χ4n) is 7.03. The van der Waals surface area contributed by atoms with Gasteiger partial charge in [0.05, 0.1) is 0 Å². The Morgan fingerprint density at radius 1 is 0.226 bits per heavy atom. The van der Waals surface area contributed by atoms with E-state index in [2.05, 4.69) is 39.5 Å². The molecule has 21 heteroatoms. The third-order valence-electron chi connectivity index (χ3n) is 11.1. The first-order valence-electron chi connectivity index (χ1n) is 27.5. The fourth-order valence-corrected chi connectivity index (χ4v) is 21.4. The minimum absolute atomic E-state index is 0.218. The maximum absolute atomic E-state index is 12.6. The van der Waals surface area contributed by atoms with Crippen LogP contribution in [0, 0.1) is 0 Å². The van der Waals surface area contributed by atoms with Crippen LogP contribution in [0.2, 0.25) is 0 Å². The van der Waals surface area contributed by atoms with Gasteiger partial charge in [0.15, 0.2) is 0 Å². The van der Waals surface area contributed by atoms with Crippen molar-refractivity contribution >= 4 is 109 Å². The summed E-state index contributed by atoms with van der Waals surface area (Å²) in [5.74, 6) is -0.550. The number of hydrogen-bond donors (Lipinski definition) is 0. The maximum atomic E-state index is 12.6. The Morgan fingerprint density at radius 3 is 0.484 bits per heavy atom. The van der Waals surface area contributed by atoms with Crippen LogP contribution < -0.4 is 57.0 Å². The van der Waals surface area contributed by atoms with Gasteiger partial charge >= 0.3 is 566 Å². The molecule has 93 heavy (non-hydrogen) atoms. The standard InChI is InChI=1S/6C11H10O3.C6H3.3Sb/c6*1-2-3-4-11(13)14-10-7-5-9(12)6-8-10;1-2-4-6-5-3-1;;;/h6*2-8,12H,1H2;1,4-5H;;;/q;;;;;;;3*+2/p-6. The van der Waals surface area contributed by atoms with Crippen LogP contribution >= 0.6 is 0 Å². The van der Waals surface area contributed by atoms with E-state index in [4.69, 9.17) is 46.5 Å². The molecule has 0 heterocycles. The average Bonchev–Trinajstić information content (AvgIpc) is 0.845. The van der Waals surface area contributed by atoms with E-state index in [9.17, 15) is 28.8 Å². The molecule has 7 aromatic rings. The number of rotatable bonds is 33. The summed E-state index contributed by atoms with van der Waals surface area (Å²) in [6.07, 6.45) is 24.7. The summed E-state index contributed by atoms with van der Waals surface area (Å²) in [5, 5.41) is 0. The molecule has 0 aliphatic heterocycles. The fraction of sp³-hybridized carbons (Fsp3) is 0. The van der Waals surface area contributed by atoms with Crippen LogP contribution in [-0.4, -0.2) is 99.0 Å². The Bertz CT molecular complexity index is 3330. The Morgan fingerprint density at radius 2 is 0.355 bits per heavy atom. The molecule has 0 spiro atoms. The molecule has 0 bridgehead atoms. The van der Waals surface area contributed by atoms with Crippen LogP contribution in [0.4, 0.5) is 0 Å². The first-order chi connectivity index (χ1) is 45.2. The van der Waals surface area contributed by atoms with E-state index in [0.717, 1.165) is 0 Å². The van der Waals surface area contributed by atoms with Crippen LogP contribution in [-0.2, 0) is 28.8 Å². The predicted molar refractivity (Wildman–Crippen MR) is 355 cm³/mol. The zero-order valence-electron chi connectivity index (χ0n) is 49.4. The average molecular weight is 1580 g/mol. The summed E-state index contributed by atoms with van der Waals surface area (Å²) in [4.78, 5) is 75.4. The first kappa shape index (κ1) is 70.0. The van der Waals surface area contributed by atoms with Gasteiger partial charge in [-0.05, 0) is 0 Å². The molecule has 7 rings (SSSR count). The van der Waals surface area contributed by atoms with Gasteiger partial charge in [0.25, 0.3) is 0 Å². The molecule has 0 aliphatic carbocycles. The van der Waals surface area contributed by atoms with Gasteiger partial charge in [-0.1, -0.05) is 0 Å². The van der Waals surface area contributed by atoms with Crippen molar-refractivity contribution in [3.8, 4) is 69.0 Å². The molecule has 7 aromatic carbocycles. The number of hydrogen-bond acceptors (Lipinski definition) is 18. The van der Waals surface area contributed by atoms with Crippen molar-refractivity contribution in [3.63, 3.8) is 0 Å². The zero-order valence-corrected chi connectivity index (χ0v) is 57.1. The Labute approximate surface area is 561 Å². The molecule has 0 aromatic heterocycles. The van der Waals surface area contributed by atoms with Crippen molar-refractivity contribution in [1.82, 2.24) is 0 Å². The second kappa shape index (κ2) is 37.6. The molecule has 0 atom stereocenters. The third kappa shape index (κ3) is 24.3. The van der Waals surface area contributed by atoms with Crippen molar-refractivity contribution in [2.75, 3.05) is 0 Å². The monoisotopic (exact) mass is 1570 g/mol. The summed E-state index contributed by atoms with van der Waals surface area (Å²) < 4.78 is 76.3. The van der Waals surface area contributed by atoms with Gasteiger partial charge in [-0.25, -0.2) is 0 Å². The van der Waals surface area contributed by atoms with Crippen LogP contribution in [0.3, 0.4) is 0 Å². The van der Waals surface area contributed by atoms with E-state index in [-0.39, 0.29) is 34.5 Å². The molecule has 468 valence electrons. The number of esters is 6. The quantitative estimate of drug-likeness (QED) is 0.0123. The molecule has 0 N–H and O–H groups in total. The second-order valence-corrected chi connectivity index (χ2v) is 29.9. The van der Waals surface area contributed by atoms with Gasteiger partial charge in [0.1, 0.15) is 0 Å². The molecule has 0 radical (unpaired) electrons. The Hall–Kier alpha value is -10.5. The first-order valence-corrected chi connectivity index (χ1v) is 37.6. The van der Waals surface area contributed by atoms with Crippen LogP contribution in [0.5, 0.6) is 69.0 Å². The van der Waals surface area contributed by atoms with Gasteiger partial charge in [-0.15, -0.1) is 0 Å². The Kier molecular flexibility index (Phi) is 28.3. The summed E-state index contributed by atoms with van der Waals surface area (Å²) in [6.45, 7) is 21.6.